The number of hydrogen-bond acceptors (Lipinski definition) is 4. The third-order valence-electron chi connectivity index (χ3n) is 4.43. The highest BCUT2D eigenvalue weighted by Crippen LogP contribution is 2.35. The topological polar surface area (TPSA) is 59.4 Å². The van der Waals surface area contributed by atoms with Crippen LogP contribution in [-0.2, 0) is 11.2 Å². The van der Waals surface area contributed by atoms with Crippen molar-refractivity contribution in [3.05, 3.63) is 59.0 Å². The van der Waals surface area contributed by atoms with Gasteiger partial charge in [-0.3, -0.25) is 4.79 Å². The lowest BCUT2D eigenvalue weighted by Crippen LogP contribution is -1.99. The summed E-state index contributed by atoms with van der Waals surface area (Å²) in [4.78, 5) is 16.9. The SMILES string of the molecule is CCCCCOc1cccc(-c2nc(-c3ccc(C)cc3)c(CC(=O)O)s2)c1. The molecule has 0 fully saturated rings. The lowest BCUT2D eigenvalue weighted by molar-refractivity contribution is -0.136. The lowest BCUT2D eigenvalue weighted by atomic mass is 10.1. The Labute approximate surface area is 169 Å². The molecule has 1 heterocycles. The number of nitrogens with zero attached hydrogens (tertiary/aromatic N) is 1. The summed E-state index contributed by atoms with van der Waals surface area (Å²) in [5, 5.41) is 10.1. The third kappa shape index (κ3) is 5.20. The van der Waals surface area contributed by atoms with Gasteiger partial charge in [0.15, 0.2) is 0 Å². The van der Waals surface area contributed by atoms with E-state index in [4.69, 9.17) is 9.72 Å². The maximum absolute atomic E-state index is 11.3. The number of benzene rings is 2. The normalized spacial score (nSPS) is 10.8. The van der Waals surface area contributed by atoms with Crippen LogP contribution >= 0.6 is 11.3 Å². The fourth-order valence-electron chi connectivity index (χ4n) is 2.93. The zero-order valence-corrected chi connectivity index (χ0v) is 17.1. The van der Waals surface area contributed by atoms with Gasteiger partial charge in [-0.05, 0) is 25.5 Å². The summed E-state index contributed by atoms with van der Waals surface area (Å²) < 4.78 is 5.85. The number of hydrogen-bond donors (Lipinski definition) is 1. The first-order valence-corrected chi connectivity index (χ1v) is 10.4. The summed E-state index contributed by atoms with van der Waals surface area (Å²) in [7, 11) is 0. The minimum absolute atomic E-state index is 0.0336. The van der Waals surface area contributed by atoms with Crippen molar-refractivity contribution in [1.29, 1.82) is 0 Å². The summed E-state index contributed by atoms with van der Waals surface area (Å²) >= 11 is 1.43. The van der Waals surface area contributed by atoms with E-state index in [1.165, 1.54) is 11.3 Å². The number of carboxylic acid groups (broad SMARTS) is 1. The predicted octanol–water partition coefficient (Wildman–Crippen LogP) is 5.98. The van der Waals surface area contributed by atoms with Crippen molar-refractivity contribution in [1.82, 2.24) is 4.98 Å². The van der Waals surface area contributed by atoms with Crippen molar-refractivity contribution >= 4 is 17.3 Å². The number of thiazole rings is 1. The Hall–Kier alpha value is -2.66. The van der Waals surface area contributed by atoms with Crippen LogP contribution in [0.2, 0.25) is 0 Å². The van der Waals surface area contributed by atoms with Crippen LogP contribution in [0.1, 0.15) is 36.6 Å². The van der Waals surface area contributed by atoms with Gasteiger partial charge in [-0.15, -0.1) is 11.3 Å². The van der Waals surface area contributed by atoms with E-state index in [9.17, 15) is 9.90 Å². The smallest absolute Gasteiger partial charge is 0.308 e. The summed E-state index contributed by atoms with van der Waals surface area (Å²) in [5.41, 5.74) is 3.79. The Balaban J connectivity index is 1.89. The van der Waals surface area contributed by atoms with Gasteiger partial charge in [0.25, 0.3) is 0 Å². The fraction of sp³-hybridized carbons (Fsp3) is 0.304. The molecule has 5 heteroatoms. The van der Waals surface area contributed by atoms with E-state index < -0.39 is 5.97 Å². The molecular weight excluding hydrogens is 370 g/mol. The molecule has 0 saturated heterocycles. The molecule has 0 saturated carbocycles. The molecule has 0 unspecified atom stereocenters. The van der Waals surface area contributed by atoms with Crippen LogP contribution in [0.3, 0.4) is 0 Å². The molecule has 0 aliphatic carbocycles. The molecule has 0 aliphatic heterocycles. The molecule has 0 aliphatic rings. The van der Waals surface area contributed by atoms with E-state index in [1.54, 1.807) is 0 Å². The van der Waals surface area contributed by atoms with E-state index in [2.05, 4.69) is 6.92 Å². The molecule has 0 radical (unpaired) electrons. The highest BCUT2D eigenvalue weighted by molar-refractivity contribution is 7.15. The minimum Gasteiger partial charge on any atom is -0.494 e. The molecule has 146 valence electrons. The molecule has 2 aromatic carbocycles. The summed E-state index contributed by atoms with van der Waals surface area (Å²) in [5.74, 6) is -0.0305. The molecule has 0 bridgehead atoms. The Morgan fingerprint density at radius 3 is 2.61 bits per heavy atom. The molecule has 1 N–H and O–H groups in total. The van der Waals surface area contributed by atoms with Gasteiger partial charge in [-0.25, -0.2) is 4.98 Å². The van der Waals surface area contributed by atoms with Gasteiger partial charge in [0, 0.05) is 16.0 Å². The Bertz CT molecular complexity index is 931. The molecule has 0 amide bonds. The largest absolute Gasteiger partial charge is 0.494 e. The van der Waals surface area contributed by atoms with Crippen molar-refractivity contribution in [2.45, 2.75) is 39.5 Å². The second-order valence-corrected chi connectivity index (χ2v) is 7.89. The van der Waals surface area contributed by atoms with Crippen molar-refractivity contribution < 1.29 is 14.6 Å². The van der Waals surface area contributed by atoms with E-state index in [1.807, 2.05) is 55.5 Å². The van der Waals surface area contributed by atoms with E-state index in [-0.39, 0.29) is 6.42 Å². The average Bonchev–Trinajstić information content (AvgIpc) is 3.09. The Morgan fingerprint density at radius 2 is 1.89 bits per heavy atom. The second kappa shape index (κ2) is 9.51. The first-order chi connectivity index (χ1) is 13.6. The average molecular weight is 396 g/mol. The Kier molecular flexibility index (Phi) is 6.82. The number of aliphatic carboxylic acids is 1. The van der Waals surface area contributed by atoms with Crippen LogP contribution < -0.4 is 4.74 Å². The fourth-order valence-corrected chi connectivity index (χ4v) is 4.00. The van der Waals surface area contributed by atoms with Gasteiger partial charge in [0.05, 0.1) is 18.7 Å². The summed E-state index contributed by atoms with van der Waals surface area (Å²) in [6.45, 7) is 4.90. The number of ether oxygens (including phenoxy) is 1. The quantitative estimate of drug-likeness (QED) is 0.453. The van der Waals surface area contributed by atoms with Gasteiger partial charge >= 0.3 is 5.97 Å². The maximum atomic E-state index is 11.3. The number of aromatic nitrogens is 1. The zero-order chi connectivity index (χ0) is 19.9. The van der Waals surface area contributed by atoms with Gasteiger partial charge in [-0.1, -0.05) is 61.7 Å². The van der Waals surface area contributed by atoms with Crippen molar-refractivity contribution in [2.24, 2.45) is 0 Å². The van der Waals surface area contributed by atoms with Gasteiger partial charge in [0.1, 0.15) is 10.8 Å². The first-order valence-electron chi connectivity index (χ1n) is 9.58. The Morgan fingerprint density at radius 1 is 1.11 bits per heavy atom. The van der Waals surface area contributed by atoms with Crippen LogP contribution in [0, 0.1) is 6.92 Å². The third-order valence-corrected chi connectivity index (χ3v) is 5.54. The molecule has 0 spiro atoms. The van der Waals surface area contributed by atoms with E-state index in [0.717, 1.165) is 57.3 Å². The number of carboxylic acids is 1. The standard InChI is InChI=1S/C23H25NO3S/c1-3-4-5-13-27-19-8-6-7-18(14-19)23-24-22(20(28-23)15-21(25)26)17-11-9-16(2)10-12-17/h6-12,14H,3-5,13,15H2,1-2H3,(H,25,26). The number of rotatable bonds is 9. The molecule has 3 aromatic rings. The van der Waals surface area contributed by atoms with Crippen LogP contribution in [0.5, 0.6) is 5.75 Å². The van der Waals surface area contributed by atoms with Crippen LogP contribution in [0.15, 0.2) is 48.5 Å². The second-order valence-electron chi connectivity index (χ2n) is 6.81. The van der Waals surface area contributed by atoms with Crippen LogP contribution in [-0.4, -0.2) is 22.7 Å². The summed E-state index contributed by atoms with van der Waals surface area (Å²) in [6, 6.07) is 15.9. The van der Waals surface area contributed by atoms with Crippen LogP contribution in [0.4, 0.5) is 0 Å². The molecular formula is C23H25NO3S. The van der Waals surface area contributed by atoms with Crippen molar-refractivity contribution in [3.8, 4) is 27.6 Å². The first kappa shape index (κ1) is 20.1. The monoisotopic (exact) mass is 395 g/mol. The van der Waals surface area contributed by atoms with E-state index in [0.29, 0.717) is 6.61 Å². The molecule has 0 atom stereocenters. The maximum Gasteiger partial charge on any atom is 0.308 e. The summed E-state index contributed by atoms with van der Waals surface area (Å²) in [6.07, 6.45) is 3.33. The molecule has 1 aromatic heterocycles. The lowest BCUT2D eigenvalue weighted by Gasteiger charge is -2.06. The van der Waals surface area contributed by atoms with Gasteiger partial charge < -0.3 is 9.84 Å². The highest BCUT2D eigenvalue weighted by Gasteiger charge is 2.17. The van der Waals surface area contributed by atoms with Crippen LogP contribution in [0.25, 0.3) is 21.8 Å². The van der Waals surface area contributed by atoms with Crippen molar-refractivity contribution in [2.75, 3.05) is 6.61 Å². The minimum atomic E-state index is -0.850. The van der Waals surface area contributed by atoms with E-state index >= 15 is 0 Å². The molecule has 3 rings (SSSR count). The highest BCUT2D eigenvalue weighted by atomic mass is 32.1. The molecule has 28 heavy (non-hydrogen) atoms. The number of carbonyl (C=O) groups is 1. The van der Waals surface area contributed by atoms with Gasteiger partial charge in [0.2, 0.25) is 0 Å². The number of aryl methyl sites for hydroxylation is 1. The van der Waals surface area contributed by atoms with Crippen molar-refractivity contribution in [3.63, 3.8) is 0 Å². The molecule has 4 nitrogen and oxygen atoms in total. The van der Waals surface area contributed by atoms with Gasteiger partial charge in [-0.2, -0.15) is 0 Å². The zero-order valence-electron chi connectivity index (χ0n) is 16.3. The number of unbranched alkanes of at least 4 members (excludes halogenated alkanes) is 2. The predicted molar refractivity (Wildman–Crippen MR) is 114 cm³/mol.